The van der Waals surface area contributed by atoms with Gasteiger partial charge < -0.3 is 4.90 Å². The molecular weight excluding hydrogens is 170 g/mol. The van der Waals surface area contributed by atoms with E-state index >= 15 is 0 Å². The Kier molecular flexibility index (Phi) is 6.69. The van der Waals surface area contributed by atoms with Crippen molar-refractivity contribution in [3.63, 3.8) is 0 Å². The van der Waals surface area contributed by atoms with E-state index < -0.39 is 0 Å². The third kappa shape index (κ3) is 3.36. The van der Waals surface area contributed by atoms with Crippen molar-refractivity contribution in [3.8, 4) is 0 Å². The van der Waals surface area contributed by atoms with Crippen LogP contribution in [0.3, 0.4) is 0 Å². The van der Waals surface area contributed by atoms with Crippen molar-refractivity contribution in [2.45, 2.75) is 53.9 Å². The second-order valence-corrected chi connectivity index (χ2v) is 4.02. The van der Waals surface area contributed by atoms with Gasteiger partial charge in [-0.25, -0.2) is 0 Å². The summed E-state index contributed by atoms with van der Waals surface area (Å²) in [5, 5.41) is 0. The van der Waals surface area contributed by atoms with Crippen LogP contribution in [0.1, 0.15) is 53.9 Å². The van der Waals surface area contributed by atoms with Crippen molar-refractivity contribution >= 4 is 0 Å². The standard InChI is InChI=1S/C11H21N.C2H6/c1-5-10-7-6-8-12(4)11(10)9(2)3;1-2/h9H,5-8H2,1-4H3;1-2H3. The van der Waals surface area contributed by atoms with Crippen LogP contribution in [0.5, 0.6) is 0 Å². The van der Waals surface area contributed by atoms with Crippen LogP contribution in [0.4, 0.5) is 0 Å². The zero-order chi connectivity index (χ0) is 11.1. The number of nitrogens with zero attached hydrogens (tertiary/aromatic N) is 1. The number of hydrogen-bond donors (Lipinski definition) is 0. The third-order valence-electron chi connectivity index (χ3n) is 2.72. The monoisotopic (exact) mass is 197 g/mol. The summed E-state index contributed by atoms with van der Waals surface area (Å²) in [5.41, 5.74) is 3.28. The van der Waals surface area contributed by atoms with Crippen LogP contribution in [-0.4, -0.2) is 18.5 Å². The summed E-state index contributed by atoms with van der Waals surface area (Å²) in [5.74, 6) is 0.699. The normalized spacial score (nSPS) is 16.9. The Balaban J connectivity index is 0.000000791. The molecule has 1 nitrogen and oxygen atoms in total. The van der Waals surface area contributed by atoms with Gasteiger partial charge in [-0.05, 0) is 25.2 Å². The maximum absolute atomic E-state index is 2.44. The molecule has 0 saturated heterocycles. The van der Waals surface area contributed by atoms with Crippen LogP contribution in [0.2, 0.25) is 0 Å². The smallest absolute Gasteiger partial charge is 0.0174 e. The van der Waals surface area contributed by atoms with E-state index in [1.54, 1.807) is 11.3 Å². The van der Waals surface area contributed by atoms with E-state index in [1.807, 2.05) is 13.8 Å². The van der Waals surface area contributed by atoms with Crippen LogP contribution in [0.15, 0.2) is 11.3 Å². The van der Waals surface area contributed by atoms with Gasteiger partial charge >= 0.3 is 0 Å². The summed E-state index contributed by atoms with van der Waals surface area (Å²) in [4.78, 5) is 2.44. The molecule has 0 aliphatic carbocycles. The topological polar surface area (TPSA) is 3.24 Å². The number of rotatable bonds is 2. The Morgan fingerprint density at radius 2 is 1.86 bits per heavy atom. The highest BCUT2D eigenvalue weighted by atomic mass is 15.1. The van der Waals surface area contributed by atoms with Gasteiger partial charge in [0.15, 0.2) is 0 Å². The minimum atomic E-state index is 0.699. The Hall–Kier alpha value is -0.460. The summed E-state index contributed by atoms with van der Waals surface area (Å²) in [6.45, 7) is 12.1. The largest absolute Gasteiger partial charge is 0.378 e. The van der Waals surface area contributed by atoms with E-state index in [2.05, 4.69) is 32.7 Å². The Labute approximate surface area is 90.2 Å². The Bertz CT molecular complexity index is 180. The predicted octanol–water partition coefficient (Wildman–Crippen LogP) is 4.06. The van der Waals surface area contributed by atoms with Gasteiger partial charge in [0.25, 0.3) is 0 Å². The summed E-state index contributed by atoms with van der Waals surface area (Å²) in [6.07, 6.45) is 3.90. The molecule has 1 heterocycles. The fraction of sp³-hybridized carbons (Fsp3) is 0.846. The van der Waals surface area contributed by atoms with Crippen LogP contribution < -0.4 is 0 Å². The molecule has 0 spiro atoms. The van der Waals surface area contributed by atoms with E-state index in [-0.39, 0.29) is 0 Å². The minimum absolute atomic E-state index is 0.699. The molecule has 0 radical (unpaired) electrons. The Morgan fingerprint density at radius 3 is 2.21 bits per heavy atom. The van der Waals surface area contributed by atoms with E-state index in [4.69, 9.17) is 0 Å². The fourth-order valence-electron chi connectivity index (χ4n) is 2.25. The lowest BCUT2D eigenvalue weighted by atomic mass is 9.94. The first-order chi connectivity index (χ1) is 6.66. The molecule has 0 unspecified atom stereocenters. The summed E-state index contributed by atoms with van der Waals surface area (Å²) in [6, 6.07) is 0. The molecule has 0 bridgehead atoms. The average Bonchev–Trinajstić information content (AvgIpc) is 2.19. The maximum Gasteiger partial charge on any atom is 0.0174 e. The highest BCUT2D eigenvalue weighted by Crippen LogP contribution is 2.28. The first-order valence-corrected chi connectivity index (χ1v) is 6.09. The molecule has 0 aromatic carbocycles. The zero-order valence-corrected chi connectivity index (χ0v) is 10.9. The molecular formula is C13H27N. The molecule has 0 aromatic heterocycles. The van der Waals surface area contributed by atoms with Crippen LogP contribution in [-0.2, 0) is 0 Å². The molecule has 0 amide bonds. The quantitative estimate of drug-likeness (QED) is 0.645. The molecule has 0 saturated carbocycles. The van der Waals surface area contributed by atoms with Crippen molar-refractivity contribution in [2.24, 2.45) is 5.92 Å². The fourth-order valence-corrected chi connectivity index (χ4v) is 2.25. The molecule has 14 heavy (non-hydrogen) atoms. The molecule has 84 valence electrons. The van der Waals surface area contributed by atoms with E-state index in [0.717, 1.165) is 0 Å². The second-order valence-electron chi connectivity index (χ2n) is 4.02. The summed E-state index contributed by atoms with van der Waals surface area (Å²) >= 11 is 0. The first kappa shape index (κ1) is 13.5. The van der Waals surface area contributed by atoms with E-state index in [0.29, 0.717) is 5.92 Å². The van der Waals surface area contributed by atoms with Crippen LogP contribution in [0, 0.1) is 5.92 Å². The number of allylic oxidation sites excluding steroid dienone is 2. The zero-order valence-electron chi connectivity index (χ0n) is 10.9. The van der Waals surface area contributed by atoms with Crippen molar-refractivity contribution in [1.82, 2.24) is 4.90 Å². The maximum atomic E-state index is 2.44. The van der Waals surface area contributed by atoms with Crippen molar-refractivity contribution in [2.75, 3.05) is 13.6 Å². The third-order valence-corrected chi connectivity index (χ3v) is 2.72. The predicted molar refractivity (Wildman–Crippen MR) is 65.4 cm³/mol. The van der Waals surface area contributed by atoms with Gasteiger partial charge in [0.05, 0.1) is 0 Å². The molecule has 1 aliphatic rings. The highest BCUT2D eigenvalue weighted by Gasteiger charge is 2.17. The lowest BCUT2D eigenvalue weighted by molar-refractivity contribution is 0.336. The minimum Gasteiger partial charge on any atom is -0.378 e. The van der Waals surface area contributed by atoms with E-state index in [1.165, 1.54) is 25.8 Å². The van der Waals surface area contributed by atoms with Crippen molar-refractivity contribution < 1.29 is 0 Å². The SMILES string of the molecule is CC.CCC1=C(C(C)C)N(C)CCC1. The molecule has 1 rings (SSSR count). The van der Waals surface area contributed by atoms with Gasteiger partial charge in [0, 0.05) is 19.3 Å². The lowest BCUT2D eigenvalue weighted by Crippen LogP contribution is -2.27. The molecule has 0 fully saturated rings. The molecule has 1 aliphatic heterocycles. The number of hydrogen-bond acceptors (Lipinski definition) is 1. The van der Waals surface area contributed by atoms with Gasteiger partial charge in [-0.15, -0.1) is 0 Å². The summed E-state index contributed by atoms with van der Waals surface area (Å²) in [7, 11) is 2.23. The van der Waals surface area contributed by atoms with Gasteiger partial charge in [0.1, 0.15) is 0 Å². The average molecular weight is 197 g/mol. The van der Waals surface area contributed by atoms with Crippen molar-refractivity contribution in [1.29, 1.82) is 0 Å². The molecule has 0 aromatic rings. The summed E-state index contributed by atoms with van der Waals surface area (Å²) < 4.78 is 0. The van der Waals surface area contributed by atoms with E-state index in [9.17, 15) is 0 Å². The molecule has 0 N–H and O–H groups in total. The van der Waals surface area contributed by atoms with Gasteiger partial charge in [-0.3, -0.25) is 0 Å². The molecule has 1 heteroatoms. The van der Waals surface area contributed by atoms with Gasteiger partial charge in [-0.2, -0.15) is 0 Å². The second kappa shape index (κ2) is 6.92. The Morgan fingerprint density at radius 1 is 1.29 bits per heavy atom. The van der Waals surface area contributed by atoms with Gasteiger partial charge in [-0.1, -0.05) is 40.2 Å². The first-order valence-electron chi connectivity index (χ1n) is 6.09. The van der Waals surface area contributed by atoms with Gasteiger partial charge in [0.2, 0.25) is 0 Å². The van der Waals surface area contributed by atoms with Crippen LogP contribution >= 0.6 is 0 Å². The van der Waals surface area contributed by atoms with Crippen LogP contribution in [0.25, 0.3) is 0 Å². The highest BCUT2D eigenvalue weighted by molar-refractivity contribution is 5.17. The van der Waals surface area contributed by atoms with Crippen molar-refractivity contribution in [3.05, 3.63) is 11.3 Å². The molecule has 0 atom stereocenters. The lowest BCUT2D eigenvalue weighted by Gasteiger charge is -2.33.